The van der Waals surface area contributed by atoms with E-state index < -0.39 is 0 Å². The van der Waals surface area contributed by atoms with Crippen LogP contribution in [0.4, 0.5) is 11.4 Å². The van der Waals surface area contributed by atoms with Gasteiger partial charge in [-0.05, 0) is 37.6 Å². The van der Waals surface area contributed by atoms with Gasteiger partial charge < -0.3 is 10.6 Å². The van der Waals surface area contributed by atoms with Crippen molar-refractivity contribution < 1.29 is 9.59 Å². The molecule has 0 unspecified atom stereocenters. The highest BCUT2D eigenvalue weighted by Crippen LogP contribution is 2.31. The van der Waals surface area contributed by atoms with Crippen molar-refractivity contribution in [2.24, 2.45) is 0 Å². The predicted octanol–water partition coefficient (Wildman–Crippen LogP) is 4.12. The molecule has 0 spiro atoms. The number of carbonyl (C=O) groups excluding carboxylic acids is 2. The van der Waals surface area contributed by atoms with E-state index in [1.807, 2.05) is 6.92 Å². The Labute approximate surface area is 159 Å². The van der Waals surface area contributed by atoms with Crippen LogP contribution in [0.5, 0.6) is 0 Å². The highest BCUT2D eigenvalue weighted by atomic mass is 32.2. The molecular formula is C16H20N4O2S3. The van der Waals surface area contributed by atoms with E-state index in [4.69, 9.17) is 0 Å². The minimum atomic E-state index is -0.285. The molecule has 0 aliphatic carbocycles. The lowest BCUT2D eigenvalue weighted by Crippen LogP contribution is -2.22. The van der Waals surface area contributed by atoms with Crippen molar-refractivity contribution in [2.45, 2.75) is 41.1 Å². The molecule has 0 radical (unpaired) electrons. The first kappa shape index (κ1) is 19.7. The topological polar surface area (TPSA) is 84.0 Å². The summed E-state index contributed by atoms with van der Waals surface area (Å²) in [6.07, 6.45) is 1.09. The number of carbonyl (C=O) groups is 2. The summed E-state index contributed by atoms with van der Waals surface area (Å²) in [6.45, 7) is 5.42. The molecule has 134 valence electrons. The van der Waals surface area contributed by atoms with Crippen molar-refractivity contribution in [3.8, 4) is 0 Å². The number of benzene rings is 1. The van der Waals surface area contributed by atoms with Crippen molar-refractivity contribution >= 4 is 58.0 Å². The van der Waals surface area contributed by atoms with Crippen molar-refractivity contribution in [1.82, 2.24) is 10.2 Å². The Hall–Kier alpha value is -1.58. The molecule has 9 heteroatoms. The second-order valence-corrected chi connectivity index (χ2v) is 9.10. The Morgan fingerprint density at radius 1 is 1.12 bits per heavy atom. The van der Waals surface area contributed by atoms with Gasteiger partial charge in [0.1, 0.15) is 0 Å². The van der Waals surface area contributed by atoms with Crippen LogP contribution >= 0.6 is 34.9 Å². The van der Waals surface area contributed by atoms with Crippen LogP contribution < -0.4 is 10.6 Å². The maximum atomic E-state index is 12.3. The fourth-order valence-electron chi connectivity index (χ4n) is 1.78. The Morgan fingerprint density at radius 2 is 1.72 bits per heavy atom. The van der Waals surface area contributed by atoms with Crippen molar-refractivity contribution in [3.63, 3.8) is 0 Å². The lowest BCUT2D eigenvalue weighted by atomic mass is 10.2. The number of nitrogens with one attached hydrogen (secondary N) is 2. The van der Waals surface area contributed by atoms with Crippen LogP contribution in [0.1, 0.15) is 27.2 Å². The molecule has 0 saturated carbocycles. The van der Waals surface area contributed by atoms with Crippen LogP contribution in [0.15, 0.2) is 32.9 Å². The molecule has 2 aromatic rings. The summed E-state index contributed by atoms with van der Waals surface area (Å²) in [5.74, 6) is 0.787. The zero-order valence-electron chi connectivity index (χ0n) is 14.2. The number of amides is 2. The molecule has 6 nitrogen and oxygen atoms in total. The minimum absolute atomic E-state index is 0.102. The van der Waals surface area contributed by atoms with Gasteiger partial charge in [-0.15, -0.1) is 10.2 Å². The van der Waals surface area contributed by atoms with Crippen LogP contribution in [0.25, 0.3) is 0 Å². The maximum Gasteiger partial charge on any atom is 0.237 e. The Morgan fingerprint density at radius 3 is 2.32 bits per heavy atom. The summed E-state index contributed by atoms with van der Waals surface area (Å²) >= 11 is 4.60. The van der Waals surface area contributed by atoms with Gasteiger partial charge in [-0.25, -0.2) is 0 Å². The molecule has 2 rings (SSSR count). The third-order valence-corrected chi connectivity index (χ3v) is 6.38. The quantitative estimate of drug-likeness (QED) is 0.653. The maximum absolute atomic E-state index is 12.3. The summed E-state index contributed by atoms with van der Waals surface area (Å²) in [5, 5.41) is 13.5. The van der Waals surface area contributed by atoms with E-state index >= 15 is 0 Å². The minimum Gasteiger partial charge on any atom is -0.326 e. The average molecular weight is 397 g/mol. The molecule has 1 aromatic carbocycles. The molecule has 1 heterocycles. The van der Waals surface area contributed by atoms with Crippen molar-refractivity contribution in [2.75, 3.05) is 16.4 Å². The zero-order valence-corrected chi connectivity index (χ0v) is 16.7. The van der Waals surface area contributed by atoms with Crippen LogP contribution in [0, 0.1) is 0 Å². The third kappa shape index (κ3) is 6.68. The number of thioether (sulfide) groups is 2. The summed E-state index contributed by atoms with van der Waals surface area (Å²) in [4.78, 5) is 23.3. The normalized spacial score (nSPS) is 11.8. The van der Waals surface area contributed by atoms with E-state index in [-0.39, 0.29) is 17.1 Å². The van der Waals surface area contributed by atoms with E-state index in [1.165, 1.54) is 30.0 Å². The molecule has 0 aliphatic rings. The first-order chi connectivity index (χ1) is 12.0. The summed E-state index contributed by atoms with van der Waals surface area (Å²) < 4.78 is 1.73. The SMILES string of the molecule is CCCSc1nnc(S[C@@H](C)C(=O)Nc2ccc(NC(C)=O)cc2)s1. The van der Waals surface area contributed by atoms with Crippen molar-refractivity contribution in [3.05, 3.63) is 24.3 Å². The van der Waals surface area contributed by atoms with Gasteiger partial charge in [0, 0.05) is 24.1 Å². The highest BCUT2D eigenvalue weighted by molar-refractivity contribution is 8.03. The first-order valence-electron chi connectivity index (χ1n) is 7.79. The third-order valence-electron chi connectivity index (χ3n) is 2.94. The fraction of sp³-hybridized carbons (Fsp3) is 0.375. The second-order valence-electron chi connectivity index (χ2n) is 5.19. The van der Waals surface area contributed by atoms with Crippen molar-refractivity contribution in [1.29, 1.82) is 0 Å². The lowest BCUT2D eigenvalue weighted by molar-refractivity contribution is -0.115. The molecule has 1 atom stereocenters. The number of nitrogens with zero attached hydrogens (tertiary/aromatic N) is 2. The van der Waals surface area contributed by atoms with Gasteiger partial charge in [-0.1, -0.05) is 41.8 Å². The van der Waals surface area contributed by atoms with Gasteiger partial charge in [0.2, 0.25) is 11.8 Å². The molecular weight excluding hydrogens is 376 g/mol. The number of hydrogen-bond acceptors (Lipinski definition) is 7. The van der Waals surface area contributed by atoms with Gasteiger partial charge in [-0.3, -0.25) is 9.59 Å². The summed E-state index contributed by atoms with van der Waals surface area (Å²) in [6, 6.07) is 7.00. The largest absolute Gasteiger partial charge is 0.326 e. The number of aromatic nitrogens is 2. The average Bonchev–Trinajstić information content (AvgIpc) is 3.01. The fourth-order valence-corrected chi connectivity index (χ4v) is 4.87. The molecule has 0 saturated heterocycles. The number of anilines is 2. The van der Waals surface area contributed by atoms with Gasteiger partial charge in [0.15, 0.2) is 8.68 Å². The van der Waals surface area contributed by atoms with E-state index in [2.05, 4.69) is 27.8 Å². The standard InChI is InChI=1S/C16H20N4O2S3/c1-4-9-23-15-19-20-16(25-15)24-10(2)14(22)18-13-7-5-12(6-8-13)17-11(3)21/h5-8,10H,4,9H2,1-3H3,(H,17,21)(H,18,22)/t10-/m0/s1. The van der Waals surface area contributed by atoms with E-state index in [0.29, 0.717) is 11.4 Å². The Bertz CT molecular complexity index is 718. The molecule has 2 N–H and O–H groups in total. The molecule has 0 bridgehead atoms. The van der Waals surface area contributed by atoms with E-state index in [0.717, 1.165) is 20.9 Å². The Kier molecular flexibility index (Phi) is 7.73. The van der Waals surface area contributed by atoms with Gasteiger partial charge >= 0.3 is 0 Å². The first-order valence-corrected chi connectivity index (χ1v) is 10.5. The van der Waals surface area contributed by atoms with Gasteiger partial charge in [-0.2, -0.15) is 0 Å². The zero-order chi connectivity index (χ0) is 18.2. The molecule has 0 fully saturated rings. The molecule has 1 aromatic heterocycles. The second kappa shape index (κ2) is 9.79. The van der Waals surface area contributed by atoms with E-state index in [1.54, 1.807) is 36.0 Å². The smallest absolute Gasteiger partial charge is 0.237 e. The summed E-state index contributed by atoms with van der Waals surface area (Å²) in [7, 11) is 0. The monoisotopic (exact) mass is 396 g/mol. The summed E-state index contributed by atoms with van der Waals surface area (Å²) in [5.41, 5.74) is 1.38. The van der Waals surface area contributed by atoms with Crippen LogP contribution in [-0.2, 0) is 9.59 Å². The van der Waals surface area contributed by atoms with Crippen LogP contribution in [-0.4, -0.2) is 33.0 Å². The number of rotatable bonds is 8. The highest BCUT2D eigenvalue weighted by Gasteiger charge is 2.17. The number of hydrogen-bond donors (Lipinski definition) is 2. The van der Waals surface area contributed by atoms with Crippen LogP contribution in [0.2, 0.25) is 0 Å². The lowest BCUT2D eigenvalue weighted by Gasteiger charge is -2.11. The Balaban J connectivity index is 1.87. The van der Waals surface area contributed by atoms with Gasteiger partial charge in [0.25, 0.3) is 0 Å². The van der Waals surface area contributed by atoms with Crippen LogP contribution in [0.3, 0.4) is 0 Å². The van der Waals surface area contributed by atoms with E-state index in [9.17, 15) is 9.59 Å². The predicted molar refractivity (Wildman–Crippen MR) is 106 cm³/mol. The molecule has 0 aliphatic heterocycles. The molecule has 25 heavy (non-hydrogen) atoms. The van der Waals surface area contributed by atoms with Gasteiger partial charge in [0.05, 0.1) is 5.25 Å². The molecule has 2 amide bonds.